The zero-order chi connectivity index (χ0) is 52.7. The van der Waals surface area contributed by atoms with E-state index in [-0.39, 0.29) is 16.2 Å². The molecule has 0 amide bonds. The van der Waals surface area contributed by atoms with E-state index in [2.05, 4.69) is 58.4 Å². The number of aromatic nitrogens is 8. The molecule has 15 nitrogen and oxygen atoms in total. The number of hydrogen-bond donors (Lipinski definition) is 2. The molecule has 3 saturated carbocycles. The van der Waals surface area contributed by atoms with Gasteiger partial charge in [-0.25, -0.2) is 29.9 Å². The van der Waals surface area contributed by atoms with E-state index >= 15 is 0 Å². The fourth-order valence-electron chi connectivity index (χ4n) is 12.9. The molecular formula is C63H60N8O7. The molecule has 394 valence electrons. The molecule has 8 aliphatic rings. The Balaban J connectivity index is 0.937. The maximum Gasteiger partial charge on any atom is 0.251 e. The smallest absolute Gasteiger partial charge is 0.251 e. The first-order valence-corrected chi connectivity index (χ1v) is 27.8. The van der Waals surface area contributed by atoms with Crippen LogP contribution in [-0.2, 0) is 0 Å². The van der Waals surface area contributed by atoms with Gasteiger partial charge in [-0.1, -0.05) is 59.2 Å². The van der Waals surface area contributed by atoms with Crippen molar-refractivity contribution in [3.05, 3.63) is 84.4 Å². The van der Waals surface area contributed by atoms with Gasteiger partial charge in [-0.15, -0.1) is 0 Å². The second-order valence-corrected chi connectivity index (χ2v) is 25.6. The standard InChI is InChI=1S/C63H60N8O7/c1-33-8-10-34(11-9-33)72-35-12-13-36-37(26-35)51-64-50(36)65-52-38-27-44-45(74-61(73-44)20-14-58(2,3)15-21-61)28-39(38)54(67-52)69-56-42-31-48-49(78-63(77-48)24-18-60(6,7)19-25-63)32-43(42)57(71-56)70-55-41-30-47-46(29-40(41)53(66-51)68-55)75-62(76-47)22-16-59(4,5)17-23-62/h8-13,26-32H,14-25H2,1-7H3,(H2,64,65,66,67,68,69,70,71). The quantitative estimate of drug-likeness (QED) is 0.168. The Bertz CT molecular complexity index is 4090. The number of rotatable bonds is 2. The van der Waals surface area contributed by atoms with Gasteiger partial charge in [-0.2, -0.15) is 0 Å². The zero-order valence-electron chi connectivity index (χ0n) is 45.0. The molecular weight excluding hydrogens is 981 g/mol. The Labute approximate surface area is 450 Å². The fourth-order valence-corrected chi connectivity index (χ4v) is 12.9. The minimum atomic E-state index is -0.739. The van der Waals surface area contributed by atoms with Crippen molar-refractivity contribution < 1.29 is 33.2 Å². The maximum absolute atomic E-state index is 6.84. The lowest BCUT2D eigenvalue weighted by molar-refractivity contribution is -0.123. The first-order chi connectivity index (χ1) is 37.4. The van der Waals surface area contributed by atoms with Gasteiger partial charge in [0.25, 0.3) is 17.4 Å². The minimum Gasteiger partial charge on any atom is -0.457 e. The Morgan fingerprint density at radius 2 is 0.654 bits per heavy atom. The lowest BCUT2D eigenvalue weighted by Crippen LogP contribution is -2.44. The number of hydrogen-bond acceptors (Lipinski definition) is 13. The maximum atomic E-state index is 6.84. The highest BCUT2D eigenvalue weighted by molar-refractivity contribution is 6.08. The van der Waals surface area contributed by atoms with Crippen LogP contribution in [0.5, 0.6) is 46.0 Å². The lowest BCUT2D eigenvalue weighted by Gasteiger charge is -2.39. The summed E-state index contributed by atoms with van der Waals surface area (Å²) in [6.07, 6.45) is 10.6. The molecule has 8 bridgehead atoms. The van der Waals surface area contributed by atoms with E-state index in [1.54, 1.807) is 0 Å². The molecule has 5 aromatic carbocycles. The van der Waals surface area contributed by atoms with Crippen LogP contribution < -0.4 is 33.2 Å². The second-order valence-electron chi connectivity index (χ2n) is 25.6. The van der Waals surface area contributed by atoms with Gasteiger partial charge in [-0.05, 0) is 128 Å². The summed E-state index contributed by atoms with van der Waals surface area (Å²) >= 11 is 0. The molecule has 16 rings (SSSR count). The number of aryl methyl sites for hydroxylation is 1. The summed E-state index contributed by atoms with van der Waals surface area (Å²) in [5, 5.41) is 3.15. The number of fused-ring (bicyclic) bond motifs is 23. The third-order valence-corrected chi connectivity index (χ3v) is 18.1. The Morgan fingerprint density at radius 1 is 0.346 bits per heavy atom. The van der Waals surface area contributed by atoms with E-state index in [1.165, 1.54) is 0 Å². The molecule has 3 aromatic heterocycles. The van der Waals surface area contributed by atoms with E-state index in [9.17, 15) is 0 Å². The van der Waals surface area contributed by atoms with Crippen LogP contribution in [-0.4, -0.2) is 57.2 Å². The van der Waals surface area contributed by atoms with Gasteiger partial charge in [0.2, 0.25) is 0 Å². The molecule has 0 unspecified atom stereocenters. The molecule has 3 aliphatic carbocycles. The molecule has 3 spiro atoms. The van der Waals surface area contributed by atoms with Gasteiger partial charge < -0.3 is 43.1 Å². The molecule has 0 radical (unpaired) electrons. The monoisotopic (exact) mass is 1040 g/mol. The summed E-state index contributed by atoms with van der Waals surface area (Å²) in [5.74, 6) is 4.93. The van der Waals surface area contributed by atoms with Crippen LogP contribution in [0.25, 0.3) is 89.7 Å². The van der Waals surface area contributed by atoms with E-state index in [0.29, 0.717) is 86.1 Å². The van der Waals surface area contributed by atoms with Gasteiger partial charge in [0.05, 0.1) is 0 Å². The third-order valence-electron chi connectivity index (χ3n) is 18.1. The Kier molecular flexibility index (Phi) is 9.25. The average Bonchev–Trinajstić information content (AvgIpc) is 4.34. The molecule has 15 heteroatoms. The first-order valence-electron chi connectivity index (χ1n) is 27.8. The third kappa shape index (κ3) is 7.42. The summed E-state index contributed by atoms with van der Waals surface area (Å²) in [5.41, 5.74) is 6.98. The van der Waals surface area contributed by atoms with Gasteiger partial charge in [0.15, 0.2) is 57.8 Å². The van der Waals surface area contributed by atoms with E-state index in [4.69, 9.17) is 63.1 Å². The van der Waals surface area contributed by atoms with Crippen LogP contribution >= 0.6 is 0 Å². The Hall–Kier alpha value is -7.94. The number of aromatic amines is 2. The summed E-state index contributed by atoms with van der Waals surface area (Å²) in [6.45, 7) is 15.9. The highest BCUT2D eigenvalue weighted by Crippen LogP contribution is 2.56. The summed E-state index contributed by atoms with van der Waals surface area (Å²) in [4.78, 5) is 39.5. The fraction of sp³-hybridized carbons (Fsp3) is 0.397. The van der Waals surface area contributed by atoms with Crippen LogP contribution in [0.3, 0.4) is 0 Å². The highest BCUT2D eigenvalue weighted by atomic mass is 16.7. The van der Waals surface area contributed by atoms with Crippen LogP contribution in [0.2, 0.25) is 0 Å². The topological polar surface area (TPSA) is 174 Å². The molecule has 0 atom stereocenters. The van der Waals surface area contributed by atoms with Crippen molar-refractivity contribution in [3.63, 3.8) is 0 Å². The average molecular weight is 1040 g/mol. The largest absolute Gasteiger partial charge is 0.457 e. The van der Waals surface area contributed by atoms with Crippen LogP contribution in [0.15, 0.2) is 78.9 Å². The number of benzene rings is 5. The van der Waals surface area contributed by atoms with Crippen molar-refractivity contribution in [2.45, 2.75) is 143 Å². The highest BCUT2D eigenvalue weighted by Gasteiger charge is 2.50. The summed E-state index contributed by atoms with van der Waals surface area (Å²) in [7, 11) is 0. The predicted octanol–water partition coefficient (Wildman–Crippen LogP) is 15.2. The summed E-state index contributed by atoms with van der Waals surface area (Å²) in [6, 6.07) is 26.1. The van der Waals surface area contributed by atoms with Crippen molar-refractivity contribution >= 4 is 44.1 Å². The number of nitrogens with zero attached hydrogens (tertiary/aromatic N) is 6. The number of ether oxygens (including phenoxy) is 7. The van der Waals surface area contributed by atoms with Gasteiger partial charge >= 0.3 is 0 Å². The zero-order valence-corrected chi connectivity index (χ0v) is 45.0. The SMILES string of the molecule is Cc1ccc(Oc2ccc3c(c2)-c2nc-3nc3[nH]c(nc4nc(nc5[nH]c(n2)c2cc6c(cc52)OC2(CCC(C)(C)CC2)O6)-c2cc5c(cc2-4)OC2(CCC(C)(C)CC2)O5)c2cc4c(cc32)OC2(CCC(C)(C)CC2)O4)cc1. The van der Waals surface area contributed by atoms with Gasteiger partial charge in [0, 0.05) is 82.3 Å². The van der Waals surface area contributed by atoms with E-state index < -0.39 is 17.4 Å². The minimum absolute atomic E-state index is 0.212. The van der Waals surface area contributed by atoms with Crippen LogP contribution in [0.4, 0.5) is 0 Å². The second kappa shape index (κ2) is 15.6. The van der Waals surface area contributed by atoms with Crippen molar-refractivity contribution in [2.75, 3.05) is 0 Å². The van der Waals surface area contributed by atoms with Crippen LogP contribution in [0.1, 0.15) is 124 Å². The molecule has 5 aliphatic heterocycles. The Morgan fingerprint density at radius 3 is 1.01 bits per heavy atom. The van der Waals surface area contributed by atoms with Crippen LogP contribution in [0, 0.1) is 23.2 Å². The van der Waals surface area contributed by atoms with Crippen molar-refractivity contribution in [1.29, 1.82) is 0 Å². The van der Waals surface area contributed by atoms with Crippen molar-refractivity contribution in [2.24, 2.45) is 16.2 Å². The van der Waals surface area contributed by atoms with Gasteiger partial charge in [-0.3, -0.25) is 0 Å². The molecule has 78 heavy (non-hydrogen) atoms. The van der Waals surface area contributed by atoms with Crippen molar-refractivity contribution in [1.82, 2.24) is 39.9 Å². The molecule has 8 aromatic rings. The normalized spacial score (nSPS) is 20.6. The molecule has 2 N–H and O–H groups in total. The summed E-state index contributed by atoms with van der Waals surface area (Å²) < 4.78 is 47.5. The lowest BCUT2D eigenvalue weighted by atomic mass is 9.75. The molecule has 3 fully saturated rings. The first kappa shape index (κ1) is 46.2. The van der Waals surface area contributed by atoms with E-state index in [0.717, 1.165) is 132 Å². The predicted molar refractivity (Wildman–Crippen MR) is 296 cm³/mol. The van der Waals surface area contributed by atoms with Crippen molar-refractivity contribution in [3.8, 4) is 91.5 Å². The molecule has 0 saturated heterocycles. The number of nitrogens with one attached hydrogen (secondary N) is 2. The molecule has 8 heterocycles. The van der Waals surface area contributed by atoms with Gasteiger partial charge in [0.1, 0.15) is 34.1 Å². The number of H-pyrrole nitrogens is 2. The van der Waals surface area contributed by atoms with E-state index in [1.807, 2.05) is 78.9 Å².